The topological polar surface area (TPSA) is 44.4 Å². The number of hydrogen-bond donors (Lipinski definition) is 2. The zero-order valence-corrected chi connectivity index (χ0v) is 14.5. The molecule has 25 heavy (non-hydrogen) atoms. The molecule has 0 spiro atoms. The molecule has 1 atom stereocenters. The van der Waals surface area contributed by atoms with Gasteiger partial charge in [-0.25, -0.2) is 0 Å². The quantitative estimate of drug-likeness (QED) is 0.736. The van der Waals surface area contributed by atoms with E-state index in [4.69, 9.17) is 0 Å². The lowest BCUT2D eigenvalue weighted by Gasteiger charge is -2.27. The Labute approximate surface area is 146 Å². The van der Waals surface area contributed by atoms with Gasteiger partial charge in [-0.1, -0.05) is 25.1 Å². The number of carbonyl (C=O) groups is 1. The van der Waals surface area contributed by atoms with Crippen molar-refractivity contribution < 1.29 is 18.0 Å². The fraction of sp³-hybridized carbons (Fsp3) is 0.611. The van der Waals surface area contributed by atoms with E-state index in [9.17, 15) is 18.0 Å². The minimum absolute atomic E-state index is 0.113. The molecule has 1 heterocycles. The number of nitrogens with one attached hydrogen (secondary N) is 2. The van der Waals surface area contributed by atoms with Crippen molar-refractivity contribution >= 4 is 5.91 Å². The maximum atomic E-state index is 12.7. The van der Waals surface area contributed by atoms with Gasteiger partial charge in [0, 0.05) is 38.6 Å². The van der Waals surface area contributed by atoms with Crippen LogP contribution in [0.5, 0.6) is 0 Å². The van der Waals surface area contributed by atoms with Crippen LogP contribution in [-0.2, 0) is 17.4 Å². The van der Waals surface area contributed by atoms with Crippen LogP contribution in [0.1, 0.15) is 24.5 Å². The highest BCUT2D eigenvalue weighted by Crippen LogP contribution is 2.29. The third-order valence-electron chi connectivity index (χ3n) is 4.40. The molecule has 4 nitrogen and oxygen atoms in total. The van der Waals surface area contributed by atoms with E-state index in [1.165, 1.54) is 6.07 Å². The fourth-order valence-electron chi connectivity index (χ4n) is 2.94. The first kappa shape index (κ1) is 19.7. The van der Waals surface area contributed by atoms with Crippen molar-refractivity contribution in [1.29, 1.82) is 0 Å². The van der Waals surface area contributed by atoms with E-state index in [-0.39, 0.29) is 11.8 Å². The van der Waals surface area contributed by atoms with Crippen molar-refractivity contribution in [1.82, 2.24) is 15.5 Å². The van der Waals surface area contributed by atoms with Gasteiger partial charge in [0.1, 0.15) is 0 Å². The molecule has 0 aromatic heterocycles. The van der Waals surface area contributed by atoms with Crippen LogP contribution in [-0.4, -0.2) is 50.1 Å². The lowest BCUT2D eigenvalue weighted by molar-refractivity contribution is -0.137. The van der Waals surface area contributed by atoms with Gasteiger partial charge in [0.25, 0.3) is 0 Å². The largest absolute Gasteiger partial charge is 0.416 e. The van der Waals surface area contributed by atoms with Gasteiger partial charge in [-0.05, 0) is 31.0 Å². The minimum atomic E-state index is -4.36. The average Bonchev–Trinajstić information content (AvgIpc) is 2.59. The molecule has 1 amide bonds. The summed E-state index contributed by atoms with van der Waals surface area (Å²) in [5.74, 6) is -0.472. The van der Waals surface area contributed by atoms with Gasteiger partial charge in [-0.3, -0.25) is 4.79 Å². The molecule has 0 bridgehead atoms. The van der Waals surface area contributed by atoms with Crippen molar-refractivity contribution in [2.24, 2.45) is 5.92 Å². The van der Waals surface area contributed by atoms with Crippen molar-refractivity contribution in [2.75, 3.05) is 39.3 Å². The molecule has 1 saturated heterocycles. The van der Waals surface area contributed by atoms with Crippen LogP contribution < -0.4 is 10.6 Å². The van der Waals surface area contributed by atoms with Crippen molar-refractivity contribution in [3.63, 3.8) is 0 Å². The van der Waals surface area contributed by atoms with Gasteiger partial charge in [-0.2, -0.15) is 13.2 Å². The van der Waals surface area contributed by atoms with Crippen molar-refractivity contribution in [3.8, 4) is 0 Å². The van der Waals surface area contributed by atoms with E-state index in [1.54, 1.807) is 13.0 Å². The van der Waals surface area contributed by atoms with Crippen LogP contribution >= 0.6 is 0 Å². The van der Waals surface area contributed by atoms with Crippen LogP contribution in [0.3, 0.4) is 0 Å². The minimum Gasteiger partial charge on any atom is -0.356 e. The predicted octanol–water partition coefficient (Wildman–Crippen LogP) is 2.30. The summed E-state index contributed by atoms with van der Waals surface area (Å²) in [7, 11) is 0. The number of amides is 1. The number of halogens is 3. The Hall–Kier alpha value is -1.60. The summed E-state index contributed by atoms with van der Waals surface area (Å²) in [4.78, 5) is 14.5. The van der Waals surface area contributed by atoms with Gasteiger partial charge in [0.2, 0.25) is 5.91 Å². The Balaban J connectivity index is 1.72. The second kappa shape index (κ2) is 9.20. The Morgan fingerprint density at radius 3 is 2.72 bits per heavy atom. The molecule has 1 aliphatic rings. The van der Waals surface area contributed by atoms with Gasteiger partial charge in [0.15, 0.2) is 0 Å². The first-order valence-corrected chi connectivity index (χ1v) is 8.73. The van der Waals surface area contributed by atoms with E-state index in [2.05, 4.69) is 15.5 Å². The third-order valence-corrected chi connectivity index (χ3v) is 4.40. The molecule has 2 N–H and O–H groups in total. The molecular formula is C18H26F3N3O. The van der Waals surface area contributed by atoms with Crippen LogP contribution in [0.25, 0.3) is 0 Å². The van der Waals surface area contributed by atoms with Gasteiger partial charge in [-0.15, -0.1) is 0 Å². The van der Waals surface area contributed by atoms with Gasteiger partial charge < -0.3 is 15.5 Å². The van der Waals surface area contributed by atoms with Gasteiger partial charge in [0.05, 0.1) is 5.56 Å². The number of carbonyl (C=O) groups excluding carboxylic acids is 1. The molecule has 1 unspecified atom stereocenters. The number of piperazine rings is 1. The molecule has 1 aromatic rings. The summed E-state index contributed by atoms with van der Waals surface area (Å²) in [5.41, 5.74) is -0.146. The average molecular weight is 357 g/mol. The summed E-state index contributed by atoms with van der Waals surface area (Å²) in [6.45, 7) is 7.34. The maximum absolute atomic E-state index is 12.7. The molecule has 140 valence electrons. The highest BCUT2D eigenvalue weighted by molar-refractivity contribution is 5.78. The van der Waals surface area contributed by atoms with E-state index < -0.39 is 11.7 Å². The third kappa shape index (κ3) is 6.66. The monoisotopic (exact) mass is 357 g/mol. The van der Waals surface area contributed by atoms with Crippen molar-refractivity contribution in [3.05, 3.63) is 35.4 Å². The summed E-state index contributed by atoms with van der Waals surface area (Å²) >= 11 is 0. The summed E-state index contributed by atoms with van der Waals surface area (Å²) < 4.78 is 38.2. The lowest BCUT2D eigenvalue weighted by atomic mass is 9.98. The van der Waals surface area contributed by atoms with E-state index in [0.29, 0.717) is 18.5 Å². The summed E-state index contributed by atoms with van der Waals surface area (Å²) in [5, 5.41) is 6.18. The van der Waals surface area contributed by atoms with Crippen LogP contribution in [0.15, 0.2) is 24.3 Å². The van der Waals surface area contributed by atoms with Crippen LogP contribution in [0, 0.1) is 5.92 Å². The Bertz CT molecular complexity index is 557. The normalized spacial score (nSPS) is 17.3. The number of benzene rings is 1. The molecule has 1 fully saturated rings. The molecule has 0 saturated carbocycles. The van der Waals surface area contributed by atoms with E-state index in [0.717, 1.165) is 51.3 Å². The maximum Gasteiger partial charge on any atom is 0.416 e. The molecule has 2 rings (SSSR count). The number of hydrogen-bond acceptors (Lipinski definition) is 3. The Morgan fingerprint density at radius 2 is 2.04 bits per heavy atom. The first-order valence-electron chi connectivity index (χ1n) is 8.73. The smallest absolute Gasteiger partial charge is 0.356 e. The SMILES string of the molecule is CC(Cc1cccc(C(F)(F)F)c1)C(=O)NCCCN1CCNCC1. The highest BCUT2D eigenvalue weighted by Gasteiger charge is 2.30. The summed E-state index contributed by atoms with van der Waals surface area (Å²) in [6, 6.07) is 5.18. The zero-order chi connectivity index (χ0) is 18.3. The second-order valence-electron chi connectivity index (χ2n) is 6.54. The zero-order valence-electron chi connectivity index (χ0n) is 14.5. The van der Waals surface area contributed by atoms with E-state index in [1.807, 2.05) is 0 Å². The molecular weight excluding hydrogens is 331 g/mol. The van der Waals surface area contributed by atoms with Gasteiger partial charge >= 0.3 is 6.18 Å². The van der Waals surface area contributed by atoms with Crippen LogP contribution in [0.2, 0.25) is 0 Å². The fourth-order valence-corrected chi connectivity index (χ4v) is 2.94. The molecule has 1 aliphatic heterocycles. The number of nitrogens with zero attached hydrogens (tertiary/aromatic N) is 1. The molecule has 7 heteroatoms. The molecule has 1 aromatic carbocycles. The molecule has 0 radical (unpaired) electrons. The molecule has 0 aliphatic carbocycles. The highest BCUT2D eigenvalue weighted by atomic mass is 19.4. The number of rotatable bonds is 7. The van der Waals surface area contributed by atoms with E-state index >= 15 is 0 Å². The Kier molecular flexibility index (Phi) is 7.25. The predicted molar refractivity (Wildman–Crippen MR) is 91.2 cm³/mol. The Morgan fingerprint density at radius 1 is 1.32 bits per heavy atom. The first-order chi connectivity index (χ1) is 11.9. The van der Waals surface area contributed by atoms with Crippen molar-refractivity contribution in [2.45, 2.75) is 25.9 Å². The second-order valence-corrected chi connectivity index (χ2v) is 6.54. The summed E-state index contributed by atoms with van der Waals surface area (Å²) in [6.07, 6.45) is -3.18. The number of alkyl halides is 3. The lowest BCUT2D eigenvalue weighted by Crippen LogP contribution is -2.44. The standard InChI is InChI=1S/C18H26F3N3O/c1-14(12-15-4-2-5-16(13-15)18(19,20)21)17(25)23-6-3-9-24-10-7-22-8-11-24/h2,4-5,13-14,22H,3,6-12H2,1H3,(H,23,25). The van der Waals surface area contributed by atoms with Crippen LogP contribution in [0.4, 0.5) is 13.2 Å².